The molecule has 0 saturated carbocycles. The number of carbonyl (C=O) groups excluding carboxylic acids is 2. The van der Waals surface area contributed by atoms with Crippen molar-refractivity contribution in [3.8, 4) is 0 Å². The molecule has 40 heavy (non-hydrogen) atoms. The molecular formula is C31H23F3N4O2. The Hall–Kier alpha value is -5.18. The van der Waals surface area contributed by atoms with Gasteiger partial charge in [0, 0.05) is 28.0 Å². The van der Waals surface area contributed by atoms with Gasteiger partial charge in [0.15, 0.2) is 0 Å². The summed E-state index contributed by atoms with van der Waals surface area (Å²) in [5, 5.41) is 9.20. The van der Waals surface area contributed by atoms with E-state index in [2.05, 4.69) is 20.9 Å². The van der Waals surface area contributed by atoms with Gasteiger partial charge in [0.2, 0.25) is 5.91 Å². The van der Waals surface area contributed by atoms with Crippen LogP contribution in [-0.2, 0) is 17.4 Å². The van der Waals surface area contributed by atoms with E-state index in [1.807, 2.05) is 6.07 Å². The lowest BCUT2D eigenvalue weighted by atomic mass is 10.1. The van der Waals surface area contributed by atoms with Crippen LogP contribution in [0, 0.1) is 0 Å². The van der Waals surface area contributed by atoms with E-state index >= 15 is 0 Å². The van der Waals surface area contributed by atoms with E-state index in [4.69, 9.17) is 0 Å². The van der Waals surface area contributed by atoms with Crippen LogP contribution in [0.4, 0.5) is 35.9 Å². The SMILES string of the molecule is O=C(Cc1cccc(NC(=O)c2ccccc2)c1)Nc1cccc(Nc2cc(C(F)(F)F)nc3ccccc23)c1. The summed E-state index contributed by atoms with van der Waals surface area (Å²) in [7, 11) is 0. The molecule has 1 aromatic heterocycles. The Kier molecular flexibility index (Phi) is 7.46. The molecule has 6 nitrogen and oxygen atoms in total. The molecule has 1 heterocycles. The number of fused-ring (bicyclic) bond motifs is 1. The first-order chi connectivity index (χ1) is 19.2. The Morgan fingerprint density at radius 2 is 1.38 bits per heavy atom. The summed E-state index contributed by atoms with van der Waals surface area (Å²) in [6, 6.07) is 30.0. The second-order valence-electron chi connectivity index (χ2n) is 9.02. The number of pyridine rings is 1. The summed E-state index contributed by atoms with van der Waals surface area (Å²) in [6.45, 7) is 0. The van der Waals surface area contributed by atoms with E-state index < -0.39 is 11.9 Å². The summed E-state index contributed by atoms with van der Waals surface area (Å²) < 4.78 is 40.3. The maximum atomic E-state index is 13.4. The number of benzene rings is 4. The zero-order valence-electron chi connectivity index (χ0n) is 21.0. The second kappa shape index (κ2) is 11.3. The zero-order valence-corrected chi connectivity index (χ0v) is 21.0. The number of anilines is 4. The number of nitrogens with zero attached hydrogens (tertiary/aromatic N) is 1. The molecule has 0 fully saturated rings. The van der Waals surface area contributed by atoms with Crippen LogP contribution in [0.25, 0.3) is 10.9 Å². The van der Waals surface area contributed by atoms with Crippen LogP contribution < -0.4 is 16.0 Å². The monoisotopic (exact) mass is 540 g/mol. The summed E-state index contributed by atoms with van der Waals surface area (Å²) in [4.78, 5) is 29.0. The smallest absolute Gasteiger partial charge is 0.355 e. The third kappa shape index (κ3) is 6.44. The van der Waals surface area contributed by atoms with Crippen LogP contribution in [0.15, 0.2) is 109 Å². The lowest BCUT2D eigenvalue weighted by Crippen LogP contribution is -2.15. The fraction of sp³-hybridized carbons (Fsp3) is 0.0645. The van der Waals surface area contributed by atoms with Crippen molar-refractivity contribution in [1.29, 1.82) is 0 Å². The quantitative estimate of drug-likeness (QED) is 0.201. The molecule has 0 unspecified atom stereocenters. The van der Waals surface area contributed by atoms with Gasteiger partial charge >= 0.3 is 6.18 Å². The molecular weight excluding hydrogens is 517 g/mol. The van der Waals surface area contributed by atoms with Crippen LogP contribution in [0.2, 0.25) is 0 Å². The Balaban J connectivity index is 1.28. The predicted molar refractivity (Wildman–Crippen MR) is 150 cm³/mol. The second-order valence-corrected chi connectivity index (χ2v) is 9.02. The van der Waals surface area contributed by atoms with Gasteiger partial charge in [0.1, 0.15) is 5.69 Å². The van der Waals surface area contributed by atoms with Crippen molar-refractivity contribution in [3.63, 3.8) is 0 Å². The highest BCUT2D eigenvalue weighted by Crippen LogP contribution is 2.34. The molecule has 4 aromatic carbocycles. The van der Waals surface area contributed by atoms with Crippen molar-refractivity contribution >= 4 is 45.5 Å². The average Bonchev–Trinajstić information content (AvgIpc) is 2.93. The third-order valence-electron chi connectivity index (χ3n) is 6.02. The molecule has 0 saturated heterocycles. The molecule has 5 aromatic rings. The molecule has 5 rings (SSSR count). The number of hydrogen-bond acceptors (Lipinski definition) is 4. The number of carbonyl (C=O) groups is 2. The molecule has 0 aliphatic carbocycles. The molecule has 3 N–H and O–H groups in total. The van der Waals surface area contributed by atoms with Gasteiger partial charge in [-0.15, -0.1) is 0 Å². The predicted octanol–water partition coefficient (Wildman–Crippen LogP) is 7.43. The maximum Gasteiger partial charge on any atom is 0.433 e. The lowest BCUT2D eigenvalue weighted by Gasteiger charge is -2.14. The number of aromatic nitrogens is 1. The normalized spacial score (nSPS) is 11.2. The van der Waals surface area contributed by atoms with Gasteiger partial charge in [-0.1, -0.05) is 54.6 Å². The highest BCUT2D eigenvalue weighted by atomic mass is 19.4. The minimum atomic E-state index is -4.60. The van der Waals surface area contributed by atoms with Crippen molar-refractivity contribution in [2.24, 2.45) is 0 Å². The first-order valence-corrected chi connectivity index (χ1v) is 12.3. The van der Waals surface area contributed by atoms with Crippen molar-refractivity contribution in [1.82, 2.24) is 4.98 Å². The Morgan fingerprint density at radius 1 is 0.700 bits per heavy atom. The standard InChI is InChI=1S/C31H23F3N4O2/c32-31(33,34)28-19-27(25-14-4-5-15-26(25)38-28)35-23-12-7-13-24(18-23)36-29(39)17-20-8-6-11-22(16-20)37-30(40)21-9-2-1-3-10-21/h1-16,18-19H,17H2,(H,35,38)(H,36,39)(H,37,40). The Labute approximate surface area is 227 Å². The summed E-state index contributed by atoms with van der Waals surface area (Å²) in [5.74, 6) is -0.548. The van der Waals surface area contributed by atoms with Gasteiger partial charge in [0.05, 0.1) is 17.6 Å². The van der Waals surface area contributed by atoms with Crippen molar-refractivity contribution in [2.75, 3.05) is 16.0 Å². The molecule has 0 spiro atoms. The Morgan fingerprint density at radius 3 is 2.15 bits per heavy atom. The molecule has 9 heteroatoms. The van der Waals surface area contributed by atoms with E-state index in [0.717, 1.165) is 6.07 Å². The number of amides is 2. The largest absolute Gasteiger partial charge is 0.433 e. The highest BCUT2D eigenvalue weighted by molar-refractivity contribution is 6.04. The topological polar surface area (TPSA) is 83.1 Å². The van der Waals surface area contributed by atoms with Crippen molar-refractivity contribution in [3.05, 3.63) is 126 Å². The Bertz CT molecular complexity index is 1690. The fourth-order valence-electron chi connectivity index (χ4n) is 4.20. The number of nitrogens with one attached hydrogen (secondary N) is 3. The molecule has 2 amide bonds. The van der Waals surface area contributed by atoms with Gasteiger partial charge in [-0.05, 0) is 60.2 Å². The molecule has 0 aliphatic rings. The fourth-order valence-corrected chi connectivity index (χ4v) is 4.20. The van der Waals surface area contributed by atoms with Gasteiger partial charge in [-0.2, -0.15) is 13.2 Å². The van der Waals surface area contributed by atoms with Gasteiger partial charge in [-0.3, -0.25) is 9.59 Å². The number of para-hydroxylation sites is 1. The first kappa shape index (κ1) is 26.4. The van der Waals surface area contributed by atoms with Crippen molar-refractivity contribution < 1.29 is 22.8 Å². The molecule has 0 aliphatic heterocycles. The number of hydrogen-bond donors (Lipinski definition) is 3. The number of rotatable bonds is 7. The minimum Gasteiger partial charge on any atom is -0.355 e. The van der Waals surface area contributed by atoms with E-state index in [0.29, 0.717) is 33.6 Å². The highest BCUT2D eigenvalue weighted by Gasteiger charge is 2.33. The minimum absolute atomic E-state index is 0.0522. The van der Waals surface area contributed by atoms with E-state index in [9.17, 15) is 22.8 Å². The lowest BCUT2D eigenvalue weighted by molar-refractivity contribution is -0.140. The van der Waals surface area contributed by atoms with E-state index in [-0.39, 0.29) is 29.4 Å². The molecule has 200 valence electrons. The van der Waals surface area contributed by atoms with Crippen LogP contribution in [0.3, 0.4) is 0 Å². The summed E-state index contributed by atoms with van der Waals surface area (Å²) >= 11 is 0. The van der Waals surface area contributed by atoms with Gasteiger partial charge in [-0.25, -0.2) is 4.98 Å². The van der Waals surface area contributed by atoms with Crippen LogP contribution in [-0.4, -0.2) is 16.8 Å². The van der Waals surface area contributed by atoms with Crippen LogP contribution in [0.1, 0.15) is 21.6 Å². The van der Waals surface area contributed by atoms with Crippen LogP contribution in [0.5, 0.6) is 0 Å². The van der Waals surface area contributed by atoms with E-state index in [1.165, 1.54) is 6.07 Å². The maximum absolute atomic E-state index is 13.4. The van der Waals surface area contributed by atoms with Crippen LogP contribution >= 0.6 is 0 Å². The third-order valence-corrected chi connectivity index (χ3v) is 6.02. The first-order valence-electron chi connectivity index (χ1n) is 12.3. The average molecular weight is 541 g/mol. The molecule has 0 bridgehead atoms. The summed E-state index contributed by atoms with van der Waals surface area (Å²) in [6.07, 6.45) is -4.55. The van der Waals surface area contributed by atoms with Gasteiger partial charge in [0.25, 0.3) is 5.91 Å². The zero-order chi connectivity index (χ0) is 28.1. The van der Waals surface area contributed by atoms with Crippen molar-refractivity contribution in [2.45, 2.75) is 12.6 Å². The van der Waals surface area contributed by atoms with Gasteiger partial charge < -0.3 is 16.0 Å². The number of halogens is 3. The molecule has 0 atom stereocenters. The number of alkyl halides is 3. The summed E-state index contributed by atoms with van der Waals surface area (Å²) in [5.41, 5.74) is 2.20. The molecule has 0 radical (unpaired) electrons. The van der Waals surface area contributed by atoms with E-state index in [1.54, 1.807) is 91.0 Å².